The zero-order chi connectivity index (χ0) is 12.1. The third-order valence-electron chi connectivity index (χ3n) is 3.28. The van der Waals surface area contributed by atoms with E-state index in [4.69, 9.17) is 4.74 Å². The Kier molecular flexibility index (Phi) is 4.31. The molecule has 1 N–H and O–H groups in total. The van der Waals surface area contributed by atoms with E-state index in [1.165, 1.54) is 25.7 Å². The van der Waals surface area contributed by atoms with E-state index in [9.17, 15) is 0 Å². The molecular weight excluding hydrogens is 214 g/mol. The van der Waals surface area contributed by atoms with E-state index in [1.54, 1.807) is 0 Å². The highest BCUT2D eigenvalue weighted by molar-refractivity contribution is 5.34. The Hall–Kier alpha value is -1.16. The number of nitrogens with one attached hydrogen (secondary N) is 1. The van der Waals surface area contributed by atoms with Crippen molar-refractivity contribution in [3.63, 3.8) is 0 Å². The van der Waals surface area contributed by atoms with Crippen molar-refractivity contribution in [3.05, 3.63) is 17.6 Å². The van der Waals surface area contributed by atoms with Gasteiger partial charge in [0.1, 0.15) is 12.4 Å². The summed E-state index contributed by atoms with van der Waals surface area (Å²) in [5.41, 5.74) is 0.974. The van der Waals surface area contributed by atoms with E-state index < -0.39 is 0 Å². The molecule has 0 spiro atoms. The average molecular weight is 235 g/mol. The van der Waals surface area contributed by atoms with E-state index in [0.717, 1.165) is 29.9 Å². The molecule has 4 nitrogen and oxygen atoms in total. The lowest BCUT2D eigenvalue weighted by atomic mass is 9.83. The van der Waals surface area contributed by atoms with Crippen LogP contribution in [0.1, 0.15) is 37.2 Å². The maximum Gasteiger partial charge on any atom is 0.156 e. The maximum atomic E-state index is 5.63. The number of rotatable bonds is 6. The summed E-state index contributed by atoms with van der Waals surface area (Å²) in [5.74, 6) is 2.53. The highest BCUT2D eigenvalue weighted by Crippen LogP contribution is 2.29. The molecule has 2 rings (SSSR count). The second kappa shape index (κ2) is 5.96. The molecule has 0 aliphatic heterocycles. The normalized spacial score (nSPS) is 15.6. The van der Waals surface area contributed by atoms with Gasteiger partial charge in [-0.25, -0.2) is 9.97 Å². The van der Waals surface area contributed by atoms with Crippen LogP contribution in [0.4, 0.5) is 5.82 Å². The molecular formula is C13H21N3O. The van der Waals surface area contributed by atoms with Gasteiger partial charge in [-0.2, -0.15) is 0 Å². The van der Waals surface area contributed by atoms with Gasteiger partial charge in [-0.15, -0.1) is 0 Å². The zero-order valence-corrected chi connectivity index (χ0v) is 10.7. The minimum absolute atomic E-state index is 0.517. The average Bonchev–Trinajstić information content (AvgIpc) is 2.25. The molecule has 94 valence electrons. The second-order valence-electron chi connectivity index (χ2n) is 4.70. The van der Waals surface area contributed by atoms with Crippen LogP contribution in [-0.4, -0.2) is 23.6 Å². The molecule has 0 aromatic carbocycles. The fourth-order valence-electron chi connectivity index (χ4n) is 2.02. The van der Waals surface area contributed by atoms with Gasteiger partial charge in [0.25, 0.3) is 0 Å². The Morgan fingerprint density at radius 3 is 2.88 bits per heavy atom. The highest BCUT2D eigenvalue weighted by atomic mass is 16.5. The maximum absolute atomic E-state index is 5.63. The van der Waals surface area contributed by atoms with Gasteiger partial charge in [0, 0.05) is 25.4 Å². The van der Waals surface area contributed by atoms with Crippen molar-refractivity contribution in [2.75, 3.05) is 19.0 Å². The van der Waals surface area contributed by atoms with E-state index in [-0.39, 0.29) is 0 Å². The van der Waals surface area contributed by atoms with Crippen LogP contribution in [0.5, 0.6) is 0 Å². The van der Waals surface area contributed by atoms with Crippen molar-refractivity contribution in [1.29, 1.82) is 0 Å². The van der Waals surface area contributed by atoms with Gasteiger partial charge in [0.05, 0.1) is 0 Å². The Balaban J connectivity index is 1.75. The fourth-order valence-corrected chi connectivity index (χ4v) is 2.02. The van der Waals surface area contributed by atoms with Crippen molar-refractivity contribution in [1.82, 2.24) is 9.97 Å². The first kappa shape index (κ1) is 12.3. The summed E-state index contributed by atoms with van der Waals surface area (Å²) in [5, 5.41) is 3.03. The molecule has 0 radical (unpaired) electrons. The Labute approximate surface area is 103 Å². The predicted molar refractivity (Wildman–Crippen MR) is 67.9 cm³/mol. The van der Waals surface area contributed by atoms with Gasteiger partial charge in [0.15, 0.2) is 5.82 Å². The molecule has 17 heavy (non-hydrogen) atoms. The van der Waals surface area contributed by atoms with Gasteiger partial charge in [-0.05, 0) is 19.3 Å². The first-order valence-electron chi connectivity index (χ1n) is 6.38. The van der Waals surface area contributed by atoms with Crippen molar-refractivity contribution in [2.45, 2.75) is 39.2 Å². The molecule has 1 fully saturated rings. The molecule has 0 atom stereocenters. The van der Waals surface area contributed by atoms with Crippen LogP contribution in [0.2, 0.25) is 0 Å². The van der Waals surface area contributed by atoms with E-state index >= 15 is 0 Å². The quantitative estimate of drug-likeness (QED) is 0.770. The Bertz CT molecular complexity index is 364. The lowest BCUT2D eigenvalue weighted by molar-refractivity contribution is 0.0906. The van der Waals surface area contributed by atoms with E-state index in [1.807, 2.05) is 20.0 Å². The number of anilines is 1. The van der Waals surface area contributed by atoms with Gasteiger partial charge < -0.3 is 10.1 Å². The number of aryl methyl sites for hydroxylation is 1. The Morgan fingerprint density at radius 2 is 2.24 bits per heavy atom. The summed E-state index contributed by atoms with van der Waals surface area (Å²) in [7, 11) is 1.86. The van der Waals surface area contributed by atoms with Crippen LogP contribution in [0.3, 0.4) is 0 Å². The summed E-state index contributed by atoms with van der Waals surface area (Å²) in [6, 6.07) is 1.93. The summed E-state index contributed by atoms with van der Waals surface area (Å²) in [4.78, 5) is 8.71. The van der Waals surface area contributed by atoms with Crippen LogP contribution in [-0.2, 0) is 11.3 Å². The standard InChI is InChI=1S/C13H21N3O/c1-10-8-12(14-2)16-13(15-10)9-17-7-6-11-4-3-5-11/h8,11H,3-7,9H2,1-2H3,(H,14,15,16). The predicted octanol–water partition coefficient (Wildman–Crippen LogP) is 2.53. The third-order valence-corrected chi connectivity index (χ3v) is 3.28. The minimum Gasteiger partial charge on any atom is -0.373 e. The van der Waals surface area contributed by atoms with Crippen molar-refractivity contribution < 1.29 is 4.74 Å². The van der Waals surface area contributed by atoms with Crippen LogP contribution >= 0.6 is 0 Å². The number of ether oxygens (including phenoxy) is 1. The molecule has 1 aliphatic rings. The number of hydrogen-bond donors (Lipinski definition) is 1. The monoisotopic (exact) mass is 235 g/mol. The number of nitrogens with zero attached hydrogens (tertiary/aromatic N) is 2. The summed E-state index contributed by atoms with van der Waals surface area (Å²) >= 11 is 0. The fraction of sp³-hybridized carbons (Fsp3) is 0.692. The second-order valence-corrected chi connectivity index (χ2v) is 4.70. The van der Waals surface area contributed by atoms with Crippen molar-refractivity contribution >= 4 is 5.82 Å². The lowest BCUT2D eigenvalue weighted by Crippen LogP contribution is -2.14. The van der Waals surface area contributed by atoms with E-state index in [2.05, 4.69) is 15.3 Å². The molecule has 0 unspecified atom stereocenters. The van der Waals surface area contributed by atoms with Crippen LogP contribution in [0.25, 0.3) is 0 Å². The van der Waals surface area contributed by atoms with Gasteiger partial charge in [-0.1, -0.05) is 19.3 Å². The van der Waals surface area contributed by atoms with Gasteiger partial charge >= 0.3 is 0 Å². The van der Waals surface area contributed by atoms with Crippen LogP contribution < -0.4 is 5.32 Å². The SMILES string of the molecule is CNc1cc(C)nc(COCCC2CCC2)n1. The van der Waals surface area contributed by atoms with Crippen molar-refractivity contribution in [2.24, 2.45) is 5.92 Å². The van der Waals surface area contributed by atoms with Crippen LogP contribution in [0.15, 0.2) is 6.07 Å². The largest absolute Gasteiger partial charge is 0.373 e. The number of aromatic nitrogens is 2. The first-order valence-corrected chi connectivity index (χ1v) is 6.38. The molecule has 1 saturated carbocycles. The molecule has 1 aliphatic carbocycles. The highest BCUT2D eigenvalue weighted by Gasteiger charge is 2.16. The van der Waals surface area contributed by atoms with E-state index in [0.29, 0.717) is 6.61 Å². The van der Waals surface area contributed by atoms with Crippen molar-refractivity contribution in [3.8, 4) is 0 Å². The molecule has 0 bridgehead atoms. The molecule has 4 heteroatoms. The summed E-state index contributed by atoms with van der Waals surface area (Å²) in [6.45, 7) is 3.32. The zero-order valence-electron chi connectivity index (χ0n) is 10.7. The van der Waals surface area contributed by atoms with Crippen LogP contribution in [0, 0.1) is 12.8 Å². The molecule has 1 aromatic rings. The summed E-state index contributed by atoms with van der Waals surface area (Å²) < 4.78 is 5.63. The first-order chi connectivity index (χ1) is 8.28. The number of hydrogen-bond acceptors (Lipinski definition) is 4. The van der Waals surface area contributed by atoms with Gasteiger partial charge in [-0.3, -0.25) is 0 Å². The third kappa shape index (κ3) is 3.66. The smallest absolute Gasteiger partial charge is 0.156 e. The summed E-state index contributed by atoms with van der Waals surface area (Å²) in [6.07, 6.45) is 5.35. The molecule has 1 heterocycles. The molecule has 0 saturated heterocycles. The topological polar surface area (TPSA) is 47.0 Å². The lowest BCUT2D eigenvalue weighted by Gasteiger charge is -2.24. The van der Waals surface area contributed by atoms with Gasteiger partial charge in [0.2, 0.25) is 0 Å². The minimum atomic E-state index is 0.517. The molecule has 0 amide bonds. The molecule has 1 aromatic heterocycles. The Morgan fingerprint density at radius 1 is 1.41 bits per heavy atom.